The van der Waals surface area contributed by atoms with Crippen LogP contribution < -0.4 is 10.6 Å². The van der Waals surface area contributed by atoms with Crippen LogP contribution in [0.4, 0.5) is 11.6 Å². The molecule has 0 radical (unpaired) electrons. The van der Waals surface area contributed by atoms with Crippen molar-refractivity contribution in [1.29, 1.82) is 5.26 Å². The summed E-state index contributed by atoms with van der Waals surface area (Å²) >= 11 is 0. The van der Waals surface area contributed by atoms with Gasteiger partial charge in [-0.3, -0.25) is 0 Å². The van der Waals surface area contributed by atoms with Gasteiger partial charge in [-0.1, -0.05) is 0 Å². The summed E-state index contributed by atoms with van der Waals surface area (Å²) in [7, 11) is 0. The third-order valence-electron chi connectivity index (χ3n) is 2.09. The highest BCUT2D eigenvalue weighted by atomic mass is 15.3. The lowest BCUT2D eigenvalue weighted by Gasteiger charge is -2.22. The molecule has 0 saturated heterocycles. The number of nitrogens with two attached hydrogens (primary N) is 1. The second-order valence-corrected chi connectivity index (χ2v) is 3.39. The number of nitriles is 1. The van der Waals surface area contributed by atoms with Crippen LogP contribution in [-0.2, 0) is 0 Å². The molecule has 0 amide bonds. The van der Waals surface area contributed by atoms with Gasteiger partial charge in [-0.05, 0) is 26.0 Å². The van der Waals surface area contributed by atoms with Gasteiger partial charge in [0.25, 0.3) is 0 Å². The number of nitrogens with zero attached hydrogens (tertiary/aromatic N) is 4. The van der Waals surface area contributed by atoms with Crippen molar-refractivity contribution in [2.24, 2.45) is 5.92 Å². The van der Waals surface area contributed by atoms with Crippen molar-refractivity contribution in [1.82, 2.24) is 10.2 Å². The fraction of sp³-hybridized carbons (Fsp3) is 0.500. The van der Waals surface area contributed by atoms with Gasteiger partial charge in [0.15, 0.2) is 5.82 Å². The first-order valence-corrected chi connectivity index (χ1v) is 4.91. The maximum atomic E-state index is 8.74. The Hall–Kier alpha value is -1.83. The van der Waals surface area contributed by atoms with Gasteiger partial charge in [-0.2, -0.15) is 5.26 Å². The number of aromatic nitrogens is 2. The molecule has 1 aromatic heterocycles. The van der Waals surface area contributed by atoms with E-state index in [1.165, 1.54) is 0 Å². The molecule has 80 valence electrons. The first kappa shape index (κ1) is 11.2. The minimum atomic E-state index is -0.0238. The lowest BCUT2D eigenvalue weighted by molar-refractivity contribution is 0.675. The van der Waals surface area contributed by atoms with Crippen molar-refractivity contribution in [3.05, 3.63) is 12.1 Å². The number of nitrogen functional groups attached to an aromatic ring is 1. The van der Waals surface area contributed by atoms with Gasteiger partial charge in [0.05, 0.1) is 12.0 Å². The first-order valence-electron chi connectivity index (χ1n) is 4.91. The van der Waals surface area contributed by atoms with E-state index in [9.17, 15) is 0 Å². The van der Waals surface area contributed by atoms with Crippen molar-refractivity contribution in [2.75, 3.05) is 23.7 Å². The van der Waals surface area contributed by atoms with Gasteiger partial charge >= 0.3 is 0 Å². The standard InChI is InChI=1S/C10H15N5/c1-3-15(7-8(2)6-11)10-5-4-9(12)13-14-10/h4-5,8H,3,7H2,1-2H3,(H2,12,13). The summed E-state index contributed by atoms with van der Waals surface area (Å²) in [5, 5.41) is 16.5. The zero-order valence-electron chi connectivity index (χ0n) is 9.01. The Bertz CT molecular complexity index is 340. The zero-order valence-corrected chi connectivity index (χ0v) is 9.01. The summed E-state index contributed by atoms with van der Waals surface area (Å²) in [6, 6.07) is 5.72. The average molecular weight is 205 g/mol. The van der Waals surface area contributed by atoms with E-state index in [-0.39, 0.29) is 5.92 Å². The Balaban J connectivity index is 2.75. The molecule has 0 aliphatic carbocycles. The summed E-state index contributed by atoms with van der Waals surface area (Å²) < 4.78 is 0. The highest BCUT2D eigenvalue weighted by molar-refractivity contribution is 5.41. The Morgan fingerprint density at radius 1 is 1.53 bits per heavy atom. The summed E-state index contributed by atoms with van der Waals surface area (Å²) in [5.41, 5.74) is 5.45. The summed E-state index contributed by atoms with van der Waals surface area (Å²) in [5.74, 6) is 1.14. The fourth-order valence-electron chi connectivity index (χ4n) is 1.26. The Kier molecular flexibility index (Phi) is 3.86. The molecule has 2 N–H and O–H groups in total. The molecule has 5 nitrogen and oxygen atoms in total. The van der Waals surface area contributed by atoms with E-state index in [4.69, 9.17) is 11.0 Å². The Labute approximate surface area is 89.5 Å². The van der Waals surface area contributed by atoms with Gasteiger partial charge in [0.2, 0.25) is 0 Å². The maximum Gasteiger partial charge on any atom is 0.151 e. The smallest absolute Gasteiger partial charge is 0.151 e. The van der Waals surface area contributed by atoms with Crippen LogP contribution in [0.3, 0.4) is 0 Å². The Morgan fingerprint density at radius 3 is 2.73 bits per heavy atom. The van der Waals surface area contributed by atoms with Crippen molar-refractivity contribution in [3.63, 3.8) is 0 Å². The van der Waals surface area contributed by atoms with Crippen LogP contribution in [0.15, 0.2) is 12.1 Å². The molecule has 1 atom stereocenters. The normalized spacial score (nSPS) is 11.8. The molecule has 1 unspecified atom stereocenters. The molecule has 0 aliphatic heterocycles. The molecule has 0 spiro atoms. The minimum Gasteiger partial charge on any atom is -0.382 e. The van der Waals surface area contributed by atoms with E-state index in [1.54, 1.807) is 6.07 Å². The number of hydrogen-bond donors (Lipinski definition) is 1. The Morgan fingerprint density at radius 2 is 2.27 bits per heavy atom. The van der Waals surface area contributed by atoms with Crippen LogP contribution in [0, 0.1) is 17.2 Å². The van der Waals surface area contributed by atoms with Gasteiger partial charge in [0, 0.05) is 13.1 Å². The van der Waals surface area contributed by atoms with E-state index in [2.05, 4.69) is 16.3 Å². The predicted octanol–water partition coefficient (Wildman–Crippen LogP) is 1.04. The molecule has 0 fully saturated rings. The van der Waals surface area contributed by atoms with Gasteiger partial charge in [0.1, 0.15) is 5.82 Å². The third-order valence-corrected chi connectivity index (χ3v) is 2.09. The summed E-state index contributed by atoms with van der Waals surface area (Å²) in [6.45, 7) is 5.35. The van der Waals surface area contributed by atoms with Crippen LogP contribution in [0.1, 0.15) is 13.8 Å². The predicted molar refractivity (Wildman–Crippen MR) is 59.1 cm³/mol. The SMILES string of the molecule is CCN(CC(C)C#N)c1ccc(N)nn1. The molecule has 0 aliphatic rings. The summed E-state index contributed by atoms with van der Waals surface area (Å²) in [6.07, 6.45) is 0. The highest BCUT2D eigenvalue weighted by Crippen LogP contribution is 2.11. The van der Waals surface area contributed by atoms with Crippen molar-refractivity contribution < 1.29 is 0 Å². The van der Waals surface area contributed by atoms with Crippen LogP contribution >= 0.6 is 0 Å². The quantitative estimate of drug-likeness (QED) is 0.794. The van der Waals surface area contributed by atoms with Crippen LogP contribution in [0.25, 0.3) is 0 Å². The van der Waals surface area contributed by atoms with E-state index in [0.717, 1.165) is 12.4 Å². The van der Waals surface area contributed by atoms with E-state index in [0.29, 0.717) is 12.4 Å². The molecular weight excluding hydrogens is 190 g/mol. The third kappa shape index (κ3) is 3.09. The second kappa shape index (κ2) is 5.15. The lowest BCUT2D eigenvalue weighted by Crippen LogP contribution is -2.28. The number of anilines is 2. The number of rotatable bonds is 4. The minimum absolute atomic E-state index is 0.0238. The first-order chi connectivity index (χ1) is 7.17. The largest absolute Gasteiger partial charge is 0.382 e. The van der Waals surface area contributed by atoms with Gasteiger partial charge in [-0.15, -0.1) is 10.2 Å². The van der Waals surface area contributed by atoms with E-state index >= 15 is 0 Å². The molecule has 1 rings (SSSR count). The highest BCUT2D eigenvalue weighted by Gasteiger charge is 2.10. The monoisotopic (exact) mass is 205 g/mol. The molecule has 0 aromatic carbocycles. The molecule has 1 heterocycles. The van der Waals surface area contributed by atoms with Crippen molar-refractivity contribution in [3.8, 4) is 6.07 Å². The van der Waals surface area contributed by atoms with Crippen molar-refractivity contribution in [2.45, 2.75) is 13.8 Å². The molecule has 1 aromatic rings. The topological polar surface area (TPSA) is 78.8 Å². The van der Waals surface area contributed by atoms with E-state index < -0.39 is 0 Å². The zero-order chi connectivity index (χ0) is 11.3. The van der Waals surface area contributed by atoms with E-state index in [1.807, 2.05) is 24.8 Å². The fourth-order valence-corrected chi connectivity index (χ4v) is 1.26. The van der Waals surface area contributed by atoms with Gasteiger partial charge in [-0.25, -0.2) is 0 Å². The number of hydrogen-bond acceptors (Lipinski definition) is 5. The average Bonchev–Trinajstić information content (AvgIpc) is 2.27. The molecule has 0 bridgehead atoms. The second-order valence-electron chi connectivity index (χ2n) is 3.39. The van der Waals surface area contributed by atoms with Crippen molar-refractivity contribution >= 4 is 11.6 Å². The molecule has 5 heteroatoms. The van der Waals surface area contributed by atoms with Crippen LogP contribution in [0.5, 0.6) is 0 Å². The van der Waals surface area contributed by atoms with Gasteiger partial charge < -0.3 is 10.6 Å². The molecule has 15 heavy (non-hydrogen) atoms. The molecular formula is C10H15N5. The molecule has 0 saturated carbocycles. The summed E-state index contributed by atoms with van der Waals surface area (Å²) in [4.78, 5) is 2.00. The maximum absolute atomic E-state index is 8.74. The van der Waals surface area contributed by atoms with Crippen LogP contribution in [-0.4, -0.2) is 23.3 Å². The van der Waals surface area contributed by atoms with Crippen LogP contribution in [0.2, 0.25) is 0 Å². The lowest BCUT2D eigenvalue weighted by atomic mass is 10.2.